The summed E-state index contributed by atoms with van der Waals surface area (Å²) in [6, 6.07) is 14.1. The van der Waals surface area contributed by atoms with Crippen molar-refractivity contribution in [2.24, 2.45) is 0 Å². The van der Waals surface area contributed by atoms with Gasteiger partial charge in [0.05, 0.1) is 17.2 Å². The van der Waals surface area contributed by atoms with Gasteiger partial charge in [-0.2, -0.15) is 0 Å². The number of hydrogen-bond acceptors (Lipinski definition) is 7. The Morgan fingerprint density at radius 1 is 1.03 bits per heavy atom. The molecule has 0 aliphatic carbocycles. The number of ketones is 1. The average Bonchev–Trinajstić information content (AvgIpc) is 3.05. The second-order valence-electron chi connectivity index (χ2n) is 6.69. The Morgan fingerprint density at radius 2 is 1.72 bits per heavy atom. The summed E-state index contributed by atoms with van der Waals surface area (Å²) < 4.78 is 10.6. The van der Waals surface area contributed by atoms with Crippen molar-refractivity contribution >= 4 is 17.2 Å². The second kappa shape index (κ2) is 7.23. The molecule has 0 saturated heterocycles. The van der Waals surface area contributed by atoms with Crippen LogP contribution in [0.2, 0.25) is 0 Å². The number of nitro groups is 1. The number of nitrogens with one attached hydrogen (secondary N) is 1. The van der Waals surface area contributed by atoms with Gasteiger partial charge in [-0.25, -0.2) is 4.79 Å². The summed E-state index contributed by atoms with van der Waals surface area (Å²) in [5.41, 5.74) is 1.46. The molecule has 2 atom stereocenters. The van der Waals surface area contributed by atoms with E-state index in [1.54, 1.807) is 12.1 Å². The molecule has 8 heteroatoms. The molecule has 2 heterocycles. The highest BCUT2D eigenvalue weighted by Crippen LogP contribution is 2.35. The number of benzene rings is 2. The summed E-state index contributed by atoms with van der Waals surface area (Å²) in [4.78, 5) is 35.4. The van der Waals surface area contributed by atoms with Gasteiger partial charge in [-0.05, 0) is 36.8 Å². The van der Waals surface area contributed by atoms with Gasteiger partial charge < -0.3 is 14.5 Å². The van der Waals surface area contributed by atoms with Crippen molar-refractivity contribution in [2.75, 3.05) is 5.32 Å². The molecule has 3 aromatic rings. The zero-order valence-corrected chi connectivity index (χ0v) is 15.3. The largest absolute Gasteiger partial charge is 0.479 e. The minimum Gasteiger partial charge on any atom is -0.479 e. The van der Waals surface area contributed by atoms with Gasteiger partial charge >= 0.3 is 5.63 Å². The topological polar surface area (TPSA) is 112 Å². The molecule has 0 spiro atoms. The summed E-state index contributed by atoms with van der Waals surface area (Å²) in [5.74, 6) is -0.341. The Balaban J connectivity index is 1.73. The van der Waals surface area contributed by atoms with Crippen LogP contribution < -0.4 is 15.7 Å². The predicted molar refractivity (Wildman–Crippen MR) is 104 cm³/mol. The number of nitro benzene ring substituents is 1. The van der Waals surface area contributed by atoms with Crippen LogP contribution in [0.1, 0.15) is 27.5 Å². The number of hydrogen-bond donors (Lipinski definition) is 1. The van der Waals surface area contributed by atoms with E-state index in [1.165, 1.54) is 24.5 Å². The lowest BCUT2D eigenvalue weighted by Crippen LogP contribution is -2.34. The SMILES string of the molecule is Cc1ccc(NC(c2ccc([N+](=O)[O-])cc2)C2Oc3ccoc(=O)c3C2=O)cc1. The number of Topliss-reactive ketones (excluding diaryl/α,β-unsaturated/α-hetero) is 1. The predicted octanol–water partition coefficient (Wildman–Crippen LogP) is 3.65. The molecule has 0 saturated carbocycles. The van der Waals surface area contributed by atoms with E-state index < -0.39 is 28.5 Å². The van der Waals surface area contributed by atoms with Crippen LogP contribution in [0.4, 0.5) is 11.4 Å². The number of nitrogens with zero attached hydrogens (tertiary/aromatic N) is 1. The molecule has 8 nitrogen and oxygen atoms in total. The quantitative estimate of drug-likeness (QED) is 0.521. The third kappa shape index (κ3) is 3.47. The summed E-state index contributed by atoms with van der Waals surface area (Å²) in [6.07, 6.45) is 0.142. The number of ether oxygens (including phenoxy) is 1. The van der Waals surface area contributed by atoms with E-state index in [0.29, 0.717) is 5.56 Å². The van der Waals surface area contributed by atoms with Crippen molar-refractivity contribution in [1.29, 1.82) is 0 Å². The molecule has 1 N–H and O–H groups in total. The monoisotopic (exact) mass is 392 g/mol. The van der Waals surface area contributed by atoms with Crippen LogP contribution in [0.3, 0.4) is 0 Å². The average molecular weight is 392 g/mol. The molecular weight excluding hydrogens is 376 g/mol. The summed E-state index contributed by atoms with van der Waals surface area (Å²) in [7, 11) is 0. The van der Waals surface area contributed by atoms with Crippen molar-refractivity contribution < 1.29 is 18.9 Å². The first-order valence-corrected chi connectivity index (χ1v) is 8.84. The number of rotatable bonds is 5. The molecule has 1 aliphatic heterocycles. The molecule has 29 heavy (non-hydrogen) atoms. The molecule has 0 fully saturated rings. The van der Waals surface area contributed by atoms with E-state index in [2.05, 4.69) is 5.32 Å². The first-order chi connectivity index (χ1) is 13.9. The van der Waals surface area contributed by atoms with E-state index in [1.807, 2.05) is 31.2 Å². The van der Waals surface area contributed by atoms with Crippen molar-refractivity contribution in [1.82, 2.24) is 0 Å². The Labute approximate surface area is 164 Å². The van der Waals surface area contributed by atoms with Gasteiger partial charge in [-0.15, -0.1) is 0 Å². The van der Waals surface area contributed by atoms with Crippen LogP contribution in [-0.4, -0.2) is 16.8 Å². The van der Waals surface area contributed by atoms with Crippen LogP contribution in [0.25, 0.3) is 0 Å². The normalized spacial score (nSPS) is 16.0. The van der Waals surface area contributed by atoms with Crippen molar-refractivity contribution in [2.45, 2.75) is 19.1 Å². The van der Waals surface area contributed by atoms with E-state index in [4.69, 9.17) is 9.15 Å². The molecule has 1 aromatic heterocycles. The number of anilines is 1. The van der Waals surface area contributed by atoms with Crippen molar-refractivity contribution in [3.63, 3.8) is 0 Å². The fourth-order valence-electron chi connectivity index (χ4n) is 3.24. The van der Waals surface area contributed by atoms with Crippen LogP contribution in [-0.2, 0) is 0 Å². The second-order valence-corrected chi connectivity index (χ2v) is 6.69. The summed E-state index contributed by atoms with van der Waals surface area (Å²) >= 11 is 0. The highest BCUT2D eigenvalue weighted by Gasteiger charge is 2.41. The maximum Gasteiger partial charge on any atom is 0.350 e. The first-order valence-electron chi connectivity index (χ1n) is 8.84. The maximum atomic E-state index is 12.9. The lowest BCUT2D eigenvalue weighted by molar-refractivity contribution is -0.384. The van der Waals surface area contributed by atoms with Gasteiger partial charge in [0.25, 0.3) is 5.69 Å². The molecule has 0 amide bonds. The van der Waals surface area contributed by atoms with Gasteiger partial charge in [-0.1, -0.05) is 17.7 Å². The number of carbonyl (C=O) groups excluding carboxylic acids is 1. The minimum absolute atomic E-state index is 0.0644. The molecule has 1 aliphatic rings. The number of aryl methyl sites for hydroxylation is 1. The third-order valence-corrected chi connectivity index (χ3v) is 4.74. The lowest BCUT2D eigenvalue weighted by Gasteiger charge is -2.25. The van der Waals surface area contributed by atoms with Gasteiger partial charge in [0, 0.05) is 23.9 Å². The maximum absolute atomic E-state index is 12.9. The van der Waals surface area contributed by atoms with E-state index in [9.17, 15) is 19.7 Å². The Morgan fingerprint density at radius 3 is 2.34 bits per heavy atom. The molecule has 146 valence electrons. The van der Waals surface area contributed by atoms with E-state index >= 15 is 0 Å². The molecule has 2 aromatic carbocycles. The van der Waals surface area contributed by atoms with Gasteiger partial charge in [0.1, 0.15) is 11.3 Å². The smallest absolute Gasteiger partial charge is 0.350 e. The molecule has 0 radical (unpaired) electrons. The number of fused-ring (bicyclic) bond motifs is 1. The minimum atomic E-state index is -1.03. The fourth-order valence-corrected chi connectivity index (χ4v) is 3.24. The lowest BCUT2D eigenvalue weighted by atomic mass is 9.96. The third-order valence-electron chi connectivity index (χ3n) is 4.74. The number of carbonyl (C=O) groups is 1. The summed E-state index contributed by atoms with van der Waals surface area (Å²) in [5, 5.41) is 14.2. The number of non-ortho nitro benzene ring substituents is 1. The highest BCUT2D eigenvalue weighted by atomic mass is 16.6. The van der Waals surface area contributed by atoms with Crippen molar-refractivity contribution in [3.05, 3.63) is 98.1 Å². The Kier molecular flexibility index (Phi) is 4.59. The summed E-state index contributed by atoms with van der Waals surface area (Å²) in [6.45, 7) is 1.96. The van der Waals surface area contributed by atoms with Gasteiger partial charge in [-0.3, -0.25) is 14.9 Å². The van der Waals surface area contributed by atoms with Crippen molar-refractivity contribution in [3.8, 4) is 5.75 Å². The van der Waals surface area contributed by atoms with Crippen LogP contribution in [0, 0.1) is 17.0 Å². The van der Waals surface area contributed by atoms with E-state index in [0.717, 1.165) is 11.3 Å². The van der Waals surface area contributed by atoms with Crippen LogP contribution in [0.5, 0.6) is 5.75 Å². The molecule has 2 unspecified atom stereocenters. The van der Waals surface area contributed by atoms with Gasteiger partial charge in [0.15, 0.2) is 6.10 Å². The molecule has 4 rings (SSSR count). The van der Waals surface area contributed by atoms with Crippen LogP contribution in [0.15, 0.2) is 70.1 Å². The van der Waals surface area contributed by atoms with E-state index in [-0.39, 0.29) is 17.0 Å². The zero-order valence-electron chi connectivity index (χ0n) is 15.3. The molecule has 0 bridgehead atoms. The highest BCUT2D eigenvalue weighted by molar-refractivity contribution is 6.04. The molecular formula is C21H16N2O6. The van der Waals surface area contributed by atoms with Crippen LogP contribution >= 0.6 is 0 Å². The Bertz CT molecular complexity index is 1140. The first kappa shape index (κ1) is 18.4. The fraction of sp³-hybridized carbons (Fsp3) is 0.143. The van der Waals surface area contributed by atoms with Gasteiger partial charge in [0.2, 0.25) is 5.78 Å². The zero-order chi connectivity index (χ0) is 20.5. The Hall–Kier alpha value is -3.94. The standard InChI is InChI=1S/C21H16N2O6/c1-12-2-6-14(7-3-12)22-18(13-4-8-15(9-5-13)23(26)27)20-19(24)17-16(29-20)10-11-28-21(17)25/h2-11,18,20,22H,1H3.